The summed E-state index contributed by atoms with van der Waals surface area (Å²) in [5.41, 5.74) is 0. The highest BCUT2D eigenvalue weighted by atomic mass is 31.2. The number of unbranched alkanes of at least 4 members (excludes halogenated alkanes) is 28. The molecule has 0 saturated heterocycles. The Morgan fingerprint density at radius 1 is 0.382 bits per heavy atom. The lowest BCUT2D eigenvalue weighted by Crippen LogP contribution is -2.30. The van der Waals surface area contributed by atoms with E-state index in [1.54, 1.807) is 0 Å². The Morgan fingerprint density at radius 2 is 0.684 bits per heavy atom. The first kappa shape index (κ1) is 72.9. The fourth-order valence-electron chi connectivity index (χ4n) is 8.50. The molecule has 0 radical (unpaired) electrons. The van der Waals surface area contributed by atoms with Crippen molar-refractivity contribution in [1.29, 1.82) is 0 Å². The van der Waals surface area contributed by atoms with E-state index in [2.05, 4.69) is 81.5 Å². The van der Waals surface area contributed by atoms with Gasteiger partial charge in [-0.2, -0.15) is 0 Å². The number of allylic oxidation sites excluding steroid dienone is 12. The first-order valence-electron chi connectivity index (χ1n) is 30.8. The van der Waals surface area contributed by atoms with Crippen molar-refractivity contribution in [3.05, 3.63) is 72.9 Å². The Kier molecular flexibility index (Phi) is 55.7. The third-order valence-corrected chi connectivity index (χ3v) is 14.1. The number of hydrogen-bond donors (Lipinski definition) is 2. The highest BCUT2D eigenvalue weighted by Crippen LogP contribution is 2.43. The van der Waals surface area contributed by atoms with Crippen LogP contribution in [0.25, 0.3) is 0 Å². The van der Waals surface area contributed by atoms with Crippen LogP contribution in [0.1, 0.15) is 278 Å². The van der Waals surface area contributed by atoms with Crippen LogP contribution in [0.4, 0.5) is 0 Å². The Labute approximate surface area is 465 Å². The van der Waals surface area contributed by atoms with Crippen LogP contribution in [-0.2, 0) is 42.2 Å². The monoisotopic (exact) mass is 1090 g/mol. The van der Waals surface area contributed by atoms with Gasteiger partial charge in [0.25, 0.3) is 0 Å². The van der Waals surface area contributed by atoms with Crippen LogP contribution in [0.5, 0.6) is 0 Å². The standard InChI is InChI=1S/C64H113O11P/c1-4-7-10-13-16-19-22-25-27-29-30-32-33-36-38-41-44-47-50-53-62(66)71-57-61(75-64(68)55-52-49-46-43-40-37-34-31-28-26-23-20-17-14-11-8-5-2)59-73-76(69,70)72-58-60(56-65)74-63(67)54-51-48-45-42-39-35-24-21-18-15-12-9-6-3/h7,10,16,19,25,27,30,32,36,38,44,47,60-61,65H,4-6,8-9,11-15,17-18,20-24,26,28-29,31,33-35,37,39-43,45-46,48-59H2,1-3H3,(H,69,70)/b10-7-,19-16-,27-25-,32-30-,38-36-,47-44-. The molecular formula is C64H113O11P. The Bertz CT molecular complexity index is 1550. The molecule has 0 amide bonds. The third-order valence-electron chi connectivity index (χ3n) is 13.2. The first-order chi connectivity index (χ1) is 37.2. The van der Waals surface area contributed by atoms with E-state index in [0.717, 1.165) is 77.0 Å². The summed E-state index contributed by atoms with van der Waals surface area (Å²) in [4.78, 5) is 48.6. The minimum atomic E-state index is -4.76. The van der Waals surface area contributed by atoms with Gasteiger partial charge in [-0.25, -0.2) is 4.57 Å². The third kappa shape index (κ3) is 55.7. The molecule has 3 atom stereocenters. The maximum Gasteiger partial charge on any atom is 0.472 e. The van der Waals surface area contributed by atoms with Gasteiger partial charge in [0, 0.05) is 19.3 Å². The molecule has 0 spiro atoms. The van der Waals surface area contributed by atoms with Crippen molar-refractivity contribution in [1.82, 2.24) is 0 Å². The molecule has 0 bridgehead atoms. The quantitative estimate of drug-likeness (QED) is 0.0197. The molecule has 0 aromatic heterocycles. The lowest BCUT2D eigenvalue weighted by molar-refractivity contribution is -0.161. The zero-order valence-corrected chi connectivity index (χ0v) is 49.6. The van der Waals surface area contributed by atoms with Crippen LogP contribution in [-0.4, -0.2) is 66.5 Å². The highest BCUT2D eigenvalue weighted by molar-refractivity contribution is 7.47. The van der Waals surface area contributed by atoms with Gasteiger partial charge in [-0.15, -0.1) is 0 Å². The zero-order valence-electron chi connectivity index (χ0n) is 48.7. The maximum atomic E-state index is 12.9. The van der Waals surface area contributed by atoms with Crippen molar-refractivity contribution in [2.24, 2.45) is 0 Å². The number of phosphoric acid groups is 1. The predicted molar refractivity (Wildman–Crippen MR) is 316 cm³/mol. The van der Waals surface area contributed by atoms with Crippen LogP contribution in [0.3, 0.4) is 0 Å². The number of esters is 3. The van der Waals surface area contributed by atoms with Gasteiger partial charge in [0.2, 0.25) is 0 Å². The highest BCUT2D eigenvalue weighted by Gasteiger charge is 2.28. The fraction of sp³-hybridized carbons (Fsp3) is 0.766. The molecule has 11 nitrogen and oxygen atoms in total. The minimum absolute atomic E-state index is 0.102. The van der Waals surface area contributed by atoms with Crippen LogP contribution in [0.2, 0.25) is 0 Å². The summed E-state index contributed by atoms with van der Waals surface area (Å²) in [7, 11) is -4.76. The van der Waals surface area contributed by atoms with E-state index in [1.807, 2.05) is 12.2 Å². The van der Waals surface area contributed by atoms with Gasteiger partial charge >= 0.3 is 25.7 Å². The molecule has 0 aromatic carbocycles. The summed E-state index contributed by atoms with van der Waals surface area (Å²) >= 11 is 0. The number of phosphoric ester groups is 1. The Balaban J connectivity index is 4.79. The smallest absolute Gasteiger partial charge is 0.462 e. The van der Waals surface area contributed by atoms with Gasteiger partial charge in [0.05, 0.1) is 19.8 Å². The molecule has 440 valence electrons. The second-order valence-corrected chi connectivity index (χ2v) is 22.0. The fourth-order valence-corrected chi connectivity index (χ4v) is 9.29. The van der Waals surface area contributed by atoms with Gasteiger partial charge in [-0.05, 0) is 57.8 Å². The van der Waals surface area contributed by atoms with Gasteiger partial charge < -0.3 is 24.2 Å². The lowest BCUT2D eigenvalue weighted by atomic mass is 10.0. The molecule has 3 unspecified atom stereocenters. The molecule has 2 N–H and O–H groups in total. The predicted octanol–water partition coefficient (Wildman–Crippen LogP) is 18.5. The molecule has 0 aromatic rings. The van der Waals surface area contributed by atoms with Gasteiger partial charge in [-0.1, -0.05) is 273 Å². The van der Waals surface area contributed by atoms with Crippen molar-refractivity contribution >= 4 is 25.7 Å². The molecule has 0 saturated carbocycles. The van der Waals surface area contributed by atoms with E-state index in [1.165, 1.54) is 141 Å². The second-order valence-electron chi connectivity index (χ2n) is 20.5. The van der Waals surface area contributed by atoms with Crippen LogP contribution in [0, 0.1) is 0 Å². The number of ether oxygens (including phenoxy) is 3. The molecule has 76 heavy (non-hydrogen) atoms. The van der Waals surface area contributed by atoms with Crippen molar-refractivity contribution in [2.45, 2.75) is 290 Å². The molecule has 0 aliphatic heterocycles. The van der Waals surface area contributed by atoms with E-state index in [4.69, 9.17) is 23.3 Å². The van der Waals surface area contributed by atoms with Crippen LogP contribution >= 0.6 is 7.82 Å². The molecule has 0 fully saturated rings. The summed E-state index contributed by atoms with van der Waals surface area (Å²) < 4.78 is 39.5. The first-order valence-corrected chi connectivity index (χ1v) is 32.3. The van der Waals surface area contributed by atoms with Crippen molar-refractivity contribution < 1.29 is 52.2 Å². The Hall–Kier alpha value is -3.08. The minimum Gasteiger partial charge on any atom is -0.462 e. The van der Waals surface area contributed by atoms with E-state index < -0.39 is 57.8 Å². The normalized spacial score (nSPS) is 13.8. The van der Waals surface area contributed by atoms with Crippen molar-refractivity contribution in [2.75, 3.05) is 26.4 Å². The maximum absolute atomic E-state index is 12.9. The van der Waals surface area contributed by atoms with Gasteiger partial charge in [-0.3, -0.25) is 23.4 Å². The van der Waals surface area contributed by atoms with E-state index in [0.29, 0.717) is 19.3 Å². The molecule has 0 aliphatic rings. The molecule has 12 heteroatoms. The van der Waals surface area contributed by atoms with Crippen LogP contribution in [0.15, 0.2) is 72.9 Å². The Morgan fingerprint density at radius 3 is 1.03 bits per heavy atom. The van der Waals surface area contributed by atoms with Crippen LogP contribution < -0.4 is 0 Å². The number of aliphatic hydroxyl groups excluding tert-OH is 1. The summed E-state index contributed by atoms with van der Waals surface area (Å²) in [6, 6.07) is 0. The lowest BCUT2D eigenvalue weighted by Gasteiger charge is -2.21. The molecule has 0 rings (SSSR count). The molecule has 0 aliphatic carbocycles. The summed E-state index contributed by atoms with van der Waals surface area (Å²) in [5.74, 6) is -1.55. The number of carbonyl (C=O) groups is 3. The zero-order chi connectivity index (χ0) is 55.5. The van der Waals surface area contributed by atoms with E-state index in [9.17, 15) is 28.9 Å². The SMILES string of the molecule is CC/C=C\C/C=C\C/C=C\C/C=C\C/C=C\C/C=C\CCC(=O)OCC(COP(=O)(O)OCC(CO)OC(=O)CCCCCCCCCCCCCCC)OC(=O)CCCCCCCCCCCCCCCCCCC. The van der Waals surface area contributed by atoms with Gasteiger partial charge in [0.15, 0.2) is 6.10 Å². The number of rotatable bonds is 57. The van der Waals surface area contributed by atoms with Gasteiger partial charge in [0.1, 0.15) is 12.7 Å². The summed E-state index contributed by atoms with van der Waals surface area (Å²) in [5, 5.41) is 9.82. The summed E-state index contributed by atoms with van der Waals surface area (Å²) in [6.45, 7) is 4.49. The van der Waals surface area contributed by atoms with E-state index >= 15 is 0 Å². The number of carbonyl (C=O) groups excluding carboxylic acids is 3. The van der Waals surface area contributed by atoms with Crippen molar-refractivity contribution in [3.8, 4) is 0 Å². The second kappa shape index (κ2) is 58.1. The number of hydrogen-bond acceptors (Lipinski definition) is 10. The average Bonchev–Trinajstić information content (AvgIpc) is 3.41. The summed E-state index contributed by atoms with van der Waals surface area (Å²) in [6.07, 6.45) is 65.8. The average molecular weight is 1090 g/mol. The topological polar surface area (TPSA) is 155 Å². The molecule has 0 heterocycles. The molecular weight excluding hydrogens is 976 g/mol. The van der Waals surface area contributed by atoms with E-state index in [-0.39, 0.29) is 25.9 Å². The largest absolute Gasteiger partial charge is 0.472 e. The van der Waals surface area contributed by atoms with Crippen molar-refractivity contribution in [3.63, 3.8) is 0 Å². The number of aliphatic hydroxyl groups is 1.